The van der Waals surface area contributed by atoms with E-state index in [2.05, 4.69) is 5.32 Å². The number of hydrogen-bond acceptors (Lipinski definition) is 2. The highest BCUT2D eigenvalue weighted by atomic mass is 19.1. The summed E-state index contributed by atoms with van der Waals surface area (Å²) in [5, 5.41) is 2.43. The van der Waals surface area contributed by atoms with Crippen LogP contribution in [0.15, 0.2) is 36.4 Å². The Balaban J connectivity index is 2.12. The lowest BCUT2D eigenvalue weighted by Gasteiger charge is -2.19. The maximum absolute atomic E-state index is 13.6. The van der Waals surface area contributed by atoms with Crippen molar-refractivity contribution >= 4 is 11.6 Å². The van der Waals surface area contributed by atoms with E-state index in [1.54, 1.807) is 13.0 Å². The van der Waals surface area contributed by atoms with Gasteiger partial charge in [-0.15, -0.1) is 0 Å². The second kappa shape index (κ2) is 7.22. The fourth-order valence-electron chi connectivity index (χ4n) is 2.21. The van der Waals surface area contributed by atoms with Gasteiger partial charge in [-0.2, -0.15) is 0 Å². The predicted molar refractivity (Wildman–Crippen MR) is 85.6 cm³/mol. The molecule has 3 nitrogen and oxygen atoms in total. The number of nitrogens with one attached hydrogen (secondary N) is 1. The molecule has 1 atom stereocenters. The predicted octanol–water partition coefficient (Wildman–Crippen LogP) is 4.38. The molecule has 1 N–H and O–H groups in total. The van der Waals surface area contributed by atoms with Crippen molar-refractivity contribution in [3.05, 3.63) is 59.2 Å². The molecule has 2 aromatic rings. The number of halogens is 2. The molecule has 0 radical (unpaired) electrons. The minimum absolute atomic E-state index is 0.0703. The summed E-state index contributed by atoms with van der Waals surface area (Å²) < 4.78 is 32.3. The Morgan fingerprint density at radius 2 is 1.91 bits per heavy atom. The van der Waals surface area contributed by atoms with Gasteiger partial charge >= 0.3 is 0 Å². The zero-order valence-corrected chi connectivity index (χ0v) is 13.3. The number of anilines is 1. The normalized spacial score (nSPS) is 11.9. The van der Waals surface area contributed by atoms with Crippen LogP contribution in [0.1, 0.15) is 24.5 Å². The monoisotopic (exact) mass is 319 g/mol. The van der Waals surface area contributed by atoms with E-state index in [1.807, 2.05) is 26.0 Å². The molecule has 0 saturated heterocycles. The molecule has 5 heteroatoms. The van der Waals surface area contributed by atoms with Crippen LogP contribution in [-0.2, 0) is 4.79 Å². The summed E-state index contributed by atoms with van der Waals surface area (Å²) in [6.07, 6.45) is -0.344. The van der Waals surface area contributed by atoms with Gasteiger partial charge in [0.05, 0.1) is 5.69 Å². The minimum Gasteiger partial charge on any atom is -0.480 e. The van der Waals surface area contributed by atoms with Gasteiger partial charge in [0.25, 0.3) is 5.91 Å². The summed E-state index contributed by atoms with van der Waals surface area (Å²) in [7, 11) is 0. The molecule has 0 aromatic heterocycles. The Morgan fingerprint density at radius 3 is 2.52 bits per heavy atom. The molecule has 1 amide bonds. The number of amides is 1. The maximum Gasteiger partial charge on any atom is 0.265 e. The number of carbonyl (C=O) groups excluding carboxylic acids is 1. The fraction of sp³-hybridized carbons (Fsp3) is 0.278. The molecule has 0 aliphatic carbocycles. The molecule has 0 aliphatic rings. The molecule has 0 unspecified atom stereocenters. The van der Waals surface area contributed by atoms with Crippen LogP contribution in [0.4, 0.5) is 14.5 Å². The average Bonchev–Trinajstić information content (AvgIpc) is 2.49. The summed E-state index contributed by atoms with van der Waals surface area (Å²) in [5.74, 6) is -1.38. The van der Waals surface area contributed by atoms with Crippen LogP contribution in [0.5, 0.6) is 5.75 Å². The number of hydrogen-bond donors (Lipinski definition) is 1. The van der Waals surface area contributed by atoms with Crippen molar-refractivity contribution in [1.82, 2.24) is 0 Å². The van der Waals surface area contributed by atoms with Crippen molar-refractivity contribution in [2.24, 2.45) is 0 Å². The standard InChI is InChI=1S/C18H19F2NO2/c1-4-16(23-17-8-5-11(2)9-12(17)3)18(22)21-15-7-6-13(19)10-14(15)20/h5-10,16H,4H2,1-3H3,(H,21,22)/t16-/m0/s1. The highest BCUT2D eigenvalue weighted by molar-refractivity contribution is 5.94. The molecule has 0 aliphatic heterocycles. The number of ether oxygens (including phenoxy) is 1. The third-order valence-corrected chi connectivity index (χ3v) is 3.45. The van der Waals surface area contributed by atoms with Crippen molar-refractivity contribution in [3.63, 3.8) is 0 Å². The molecule has 2 aromatic carbocycles. The first-order valence-corrected chi connectivity index (χ1v) is 7.40. The van der Waals surface area contributed by atoms with Gasteiger partial charge < -0.3 is 10.1 Å². The molecule has 0 bridgehead atoms. The Morgan fingerprint density at radius 1 is 1.17 bits per heavy atom. The quantitative estimate of drug-likeness (QED) is 0.888. The Kier molecular flexibility index (Phi) is 5.32. The summed E-state index contributed by atoms with van der Waals surface area (Å²) >= 11 is 0. The van der Waals surface area contributed by atoms with Gasteiger partial charge in [0.1, 0.15) is 17.4 Å². The zero-order valence-electron chi connectivity index (χ0n) is 13.3. The molecule has 0 spiro atoms. The number of benzene rings is 2. The molecule has 0 fully saturated rings. The lowest BCUT2D eigenvalue weighted by Crippen LogP contribution is -2.32. The SMILES string of the molecule is CC[C@H](Oc1ccc(C)cc1C)C(=O)Nc1ccc(F)cc1F. The van der Waals surface area contributed by atoms with Gasteiger partial charge in [-0.25, -0.2) is 8.78 Å². The van der Waals surface area contributed by atoms with Gasteiger partial charge in [0, 0.05) is 6.07 Å². The van der Waals surface area contributed by atoms with E-state index in [1.165, 1.54) is 6.07 Å². The highest BCUT2D eigenvalue weighted by Crippen LogP contribution is 2.22. The van der Waals surface area contributed by atoms with Crippen molar-refractivity contribution in [2.45, 2.75) is 33.3 Å². The first-order chi connectivity index (χ1) is 10.9. The van der Waals surface area contributed by atoms with Crippen molar-refractivity contribution in [1.29, 1.82) is 0 Å². The van der Waals surface area contributed by atoms with Crippen LogP contribution in [0.2, 0.25) is 0 Å². The lowest BCUT2D eigenvalue weighted by molar-refractivity contribution is -0.122. The van der Waals surface area contributed by atoms with Crippen molar-refractivity contribution in [2.75, 3.05) is 5.32 Å². The molecule has 2 rings (SSSR count). The minimum atomic E-state index is -0.820. The second-order valence-electron chi connectivity index (χ2n) is 5.40. The first kappa shape index (κ1) is 16.9. The van der Waals surface area contributed by atoms with Crippen LogP contribution in [0.25, 0.3) is 0 Å². The van der Waals surface area contributed by atoms with Gasteiger partial charge in [-0.1, -0.05) is 24.6 Å². The third kappa shape index (κ3) is 4.28. The van der Waals surface area contributed by atoms with E-state index in [0.29, 0.717) is 12.2 Å². The van der Waals surface area contributed by atoms with Gasteiger partial charge in [0.15, 0.2) is 6.10 Å². The van der Waals surface area contributed by atoms with Crippen molar-refractivity contribution in [3.8, 4) is 5.75 Å². The Hall–Kier alpha value is -2.43. The van der Waals surface area contributed by atoms with Crippen LogP contribution in [-0.4, -0.2) is 12.0 Å². The van der Waals surface area contributed by atoms with Crippen LogP contribution in [0.3, 0.4) is 0 Å². The first-order valence-electron chi connectivity index (χ1n) is 7.40. The van der Waals surface area contributed by atoms with Crippen LogP contribution in [0, 0.1) is 25.5 Å². The van der Waals surface area contributed by atoms with E-state index in [9.17, 15) is 13.6 Å². The topological polar surface area (TPSA) is 38.3 Å². The molecule has 122 valence electrons. The fourth-order valence-corrected chi connectivity index (χ4v) is 2.21. The summed E-state index contributed by atoms with van der Waals surface area (Å²) in [6.45, 7) is 5.67. The molecular formula is C18H19F2NO2. The maximum atomic E-state index is 13.6. The average molecular weight is 319 g/mol. The smallest absolute Gasteiger partial charge is 0.265 e. The lowest BCUT2D eigenvalue weighted by atomic mass is 10.1. The third-order valence-electron chi connectivity index (χ3n) is 3.45. The largest absolute Gasteiger partial charge is 0.480 e. The van der Waals surface area contributed by atoms with E-state index < -0.39 is 23.6 Å². The summed E-state index contributed by atoms with van der Waals surface area (Å²) in [5.41, 5.74) is 1.95. The van der Waals surface area contributed by atoms with Crippen LogP contribution < -0.4 is 10.1 Å². The number of rotatable bonds is 5. The number of carbonyl (C=O) groups is 1. The zero-order chi connectivity index (χ0) is 17.0. The molecule has 0 heterocycles. The van der Waals surface area contributed by atoms with E-state index >= 15 is 0 Å². The van der Waals surface area contributed by atoms with E-state index in [4.69, 9.17) is 4.74 Å². The van der Waals surface area contributed by atoms with Gasteiger partial charge in [-0.3, -0.25) is 4.79 Å². The molecule has 0 saturated carbocycles. The Bertz CT molecular complexity index is 716. The highest BCUT2D eigenvalue weighted by Gasteiger charge is 2.20. The molecule has 23 heavy (non-hydrogen) atoms. The van der Waals surface area contributed by atoms with Crippen molar-refractivity contribution < 1.29 is 18.3 Å². The summed E-state index contributed by atoms with van der Waals surface area (Å²) in [6, 6.07) is 8.66. The number of aryl methyl sites for hydroxylation is 2. The molecular weight excluding hydrogens is 300 g/mol. The van der Waals surface area contributed by atoms with E-state index in [0.717, 1.165) is 23.3 Å². The van der Waals surface area contributed by atoms with Crippen LogP contribution >= 0.6 is 0 Å². The second-order valence-corrected chi connectivity index (χ2v) is 5.40. The van der Waals surface area contributed by atoms with E-state index in [-0.39, 0.29) is 5.69 Å². The summed E-state index contributed by atoms with van der Waals surface area (Å²) in [4.78, 5) is 12.3. The Labute approximate surface area is 134 Å². The van der Waals surface area contributed by atoms with Gasteiger partial charge in [-0.05, 0) is 44.0 Å². The van der Waals surface area contributed by atoms with Gasteiger partial charge in [0.2, 0.25) is 0 Å².